The van der Waals surface area contributed by atoms with Crippen molar-refractivity contribution in [2.75, 3.05) is 27.0 Å². The monoisotopic (exact) mass is 419 g/mol. The lowest BCUT2D eigenvalue weighted by molar-refractivity contribution is -0.118. The van der Waals surface area contributed by atoms with Gasteiger partial charge in [-0.2, -0.15) is 0 Å². The van der Waals surface area contributed by atoms with Crippen molar-refractivity contribution in [2.24, 2.45) is 0 Å². The largest absolute Gasteiger partial charge is 0.497 e. The molecule has 0 aliphatic carbocycles. The van der Waals surface area contributed by atoms with Gasteiger partial charge in [-0.3, -0.25) is 9.69 Å². The van der Waals surface area contributed by atoms with E-state index in [1.54, 1.807) is 7.11 Å². The Morgan fingerprint density at radius 3 is 2.55 bits per heavy atom. The first-order valence-corrected chi connectivity index (χ1v) is 11.1. The maximum absolute atomic E-state index is 12.3. The molecule has 0 saturated carbocycles. The van der Waals surface area contributed by atoms with E-state index >= 15 is 0 Å². The molecule has 29 heavy (non-hydrogen) atoms. The second-order valence-electron chi connectivity index (χ2n) is 7.15. The average Bonchev–Trinajstić information content (AvgIpc) is 3.12. The highest BCUT2D eigenvalue weighted by molar-refractivity contribution is 7.99. The van der Waals surface area contributed by atoms with E-state index in [1.165, 1.54) is 11.8 Å². The van der Waals surface area contributed by atoms with E-state index in [1.807, 2.05) is 24.3 Å². The normalized spacial score (nSPS) is 12.2. The third kappa shape index (κ3) is 6.75. The van der Waals surface area contributed by atoms with Gasteiger partial charge in [0.05, 0.1) is 18.9 Å². The molecule has 8 heteroatoms. The van der Waals surface area contributed by atoms with Crippen molar-refractivity contribution in [1.82, 2.24) is 25.0 Å². The van der Waals surface area contributed by atoms with Gasteiger partial charge in [-0.1, -0.05) is 44.2 Å². The predicted molar refractivity (Wildman–Crippen MR) is 117 cm³/mol. The minimum absolute atomic E-state index is 0.0166. The maximum Gasteiger partial charge on any atom is 0.230 e. The van der Waals surface area contributed by atoms with Crippen molar-refractivity contribution in [3.8, 4) is 5.75 Å². The first kappa shape index (κ1) is 23.2. The number of carbonyl (C=O) groups excluding carboxylic acids is 1. The standard InChI is InChI=1S/C21H33N5O2S/c1-6-8-13-26-20(18(7-2)25(3)4)23-24-21(26)29-15-19(27)22-14-16-9-11-17(28-5)12-10-16/h9-12,18H,6-8,13-15H2,1-5H3,(H,22,27)/t18-/m0/s1. The summed E-state index contributed by atoms with van der Waals surface area (Å²) in [5.74, 6) is 2.09. The van der Waals surface area contributed by atoms with Crippen LogP contribution in [0.15, 0.2) is 29.4 Å². The molecule has 0 bridgehead atoms. The van der Waals surface area contributed by atoms with Gasteiger partial charge in [0.1, 0.15) is 5.75 Å². The molecule has 1 aromatic heterocycles. The van der Waals surface area contributed by atoms with Gasteiger partial charge in [-0.05, 0) is 44.6 Å². The molecule has 1 amide bonds. The van der Waals surface area contributed by atoms with Crippen LogP contribution in [-0.2, 0) is 17.9 Å². The summed E-state index contributed by atoms with van der Waals surface area (Å²) in [5, 5.41) is 12.6. The van der Waals surface area contributed by atoms with Crippen LogP contribution in [0.5, 0.6) is 5.75 Å². The zero-order chi connectivity index (χ0) is 21.2. The van der Waals surface area contributed by atoms with E-state index in [0.29, 0.717) is 12.3 Å². The molecule has 1 aromatic carbocycles. The molecule has 2 aromatic rings. The summed E-state index contributed by atoms with van der Waals surface area (Å²) in [7, 11) is 5.76. The molecular weight excluding hydrogens is 386 g/mol. The van der Waals surface area contributed by atoms with E-state index in [-0.39, 0.29) is 11.9 Å². The Bertz CT molecular complexity index is 761. The van der Waals surface area contributed by atoms with Crippen molar-refractivity contribution < 1.29 is 9.53 Å². The Morgan fingerprint density at radius 1 is 1.24 bits per heavy atom. The van der Waals surface area contributed by atoms with Crippen LogP contribution in [0.4, 0.5) is 0 Å². The van der Waals surface area contributed by atoms with Gasteiger partial charge in [0.15, 0.2) is 11.0 Å². The van der Waals surface area contributed by atoms with E-state index < -0.39 is 0 Å². The first-order chi connectivity index (χ1) is 14.0. The van der Waals surface area contributed by atoms with Gasteiger partial charge < -0.3 is 14.6 Å². The molecule has 1 heterocycles. The Morgan fingerprint density at radius 2 is 1.97 bits per heavy atom. The number of hydrogen-bond acceptors (Lipinski definition) is 6. The molecule has 0 unspecified atom stereocenters. The lowest BCUT2D eigenvalue weighted by Crippen LogP contribution is -2.25. The van der Waals surface area contributed by atoms with Crippen LogP contribution < -0.4 is 10.1 Å². The molecule has 7 nitrogen and oxygen atoms in total. The number of benzene rings is 1. The number of methoxy groups -OCH3 is 1. The van der Waals surface area contributed by atoms with Gasteiger partial charge in [-0.15, -0.1) is 10.2 Å². The minimum atomic E-state index is -0.0166. The average molecular weight is 420 g/mol. The van der Waals surface area contributed by atoms with Crippen LogP contribution in [0, 0.1) is 0 Å². The number of hydrogen-bond donors (Lipinski definition) is 1. The summed E-state index contributed by atoms with van der Waals surface area (Å²) in [5.41, 5.74) is 1.04. The van der Waals surface area contributed by atoms with Crippen LogP contribution in [0.3, 0.4) is 0 Å². The lowest BCUT2D eigenvalue weighted by atomic mass is 10.2. The van der Waals surface area contributed by atoms with Gasteiger partial charge in [-0.25, -0.2) is 0 Å². The maximum atomic E-state index is 12.3. The minimum Gasteiger partial charge on any atom is -0.497 e. The van der Waals surface area contributed by atoms with Crippen molar-refractivity contribution in [2.45, 2.75) is 57.4 Å². The van der Waals surface area contributed by atoms with Crippen molar-refractivity contribution in [1.29, 1.82) is 0 Å². The number of nitrogens with zero attached hydrogens (tertiary/aromatic N) is 4. The fraction of sp³-hybridized carbons (Fsp3) is 0.571. The SMILES string of the molecule is CCCCn1c(SCC(=O)NCc2ccc(OC)cc2)nnc1[C@H](CC)N(C)C. The highest BCUT2D eigenvalue weighted by atomic mass is 32.2. The van der Waals surface area contributed by atoms with Gasteiger partial charge in [0.25, 0.3) is 0 Å². The number of amides is 1. The quantitative estimate of drug-likeness (QED) is 0.531. The van der Waals surface area contributed by atoms with Crippen molar-refractivity contribution in [3.05, 3.63) is 35.7 Å². The fourth-order valence-electron chi connectivity index (χ4n) is 3.08. The third-order valence-electron chi connectivity index (χ3n) is 4.77. The third-order valence-corrected chi connectivity index (χ3v) is 5.74. The molecule has 160 valence electrons. The topological polar surface area (TPSA) is 72.3 Å². The van der Waals surface area contributed by atoms with Crippen LogP contribution in [-0.4, -0.2) is 52.5 Å². The number of aromatic nitrogens is 3. The summed E-state index contributed by atoms with van der Waals surface area (Å²) >= 11 is 1.45. The number of rotatable bonds is 12. The lowest BCUT2D eigenvalue weighted by Gasteiger charge is -2.23. The predicted octanol–water partition coefficient (Wildman–Crippen LogP) is 3.51. The summed E-state index contributed by atoms with van der Waals surface area (Å²) in [6, 6.07) is 7.90. The van der Waals surface area contributed by atoms with Crippen LogP contribution in [0.25, 0.3) is 0 Å². The Labute approximate surface area is 178 Å². The van der Waals surface area contributed by atoms with E-state index in [9.17, 15) is 4.79 Å². The molecule has 0 spiro atoms. The number of unbranched alkanes of at least 4 members (excludes halogenated alkanes) is 1. The number of nitrogens with one attached hydrogen (secondary N) is 1. The van der Waals surface area contributed by atoms with Crippen molar-refractivity contribution in [3.63, 3.8) is 0 Å². The summed E-state index contributed by atoms with van der Waals surface area (Å²) in [6.45, 7) is 5.70. The zero-order valence-electron chi connectivity index (χ0n) is 18.1. The molecule has 0 saturated heterocycles. The summed E-state index contributed by atoms with van der Waals surface area (Å²) < 4.78 is 7.33. The number of ether oxygens (including phenoxy) is 1. The molecule has 1 N–H and O–H groups in total. The van der Waals surface area contributed by atoms with Crippen LogP contribution in [0.2, 0.25) is 0 Å². The van der Waals surface area contributed by atoms with Crippen molar-refractivity contribution >= 4 is 17.7 Å². The fourth-order valence-corrected chi connectivity index (χ4v) is 3.88. The molecular formula is C21H33N5O2S. The molecule has 1 atom stereocenters. The Balaban J connectivity index is 1.97. The summed E-state index contributed by atoms with van der Waals surface area (Å²) in [6.07, 6.45) is 3.12. The Kier molecular flexibility index (Phi) is 9.47. The van der Waals surface area contributed by atoms with Crippen LogP contribution in [0.1, 0.15) is 50.5 Å². The first-order valence-electron chi connectivity index (χ1n) is 10.1. The number of thioether (sulfide) groups is 1. The van der Waals surface area contributed by atoms with Crippen LogP contribution >= 0.6 is 11.8 Å². The number of carbonyl (C=O) groups is 1. The second-order valence-corrected chi connectivity index (χ2v) is 8.09. The molecule has 2 rings (SSSR count). The van der Waals surface area contributed by atoms with E-state index in [0.717, 1.165) is 48.1 Å². The highest BCUT2D eigenvalue weighted by Crippen LogP contribution is 2.25. The molecule has 0 aliphatic rings. The molecule has 0 radical (unpaired) electrons. The van der Waals surface area contributed by atoms with Gasteiger partial charge in [0, 0.05) is 13.1 Å². The van der Waals surface area contributed by atoms with Gasteiger partial charge in [0.2, 0.25) is 5.91 Å². The smallest absolute Gasteiger partial charge is 0.230 e. The second kappa shape index (κ2) is 11.8. The van der Waals surface area contributed by atoms with E-state index in [2.05, 4.69) is 52.9 Å². The van der Waals surface area contributed by atoms with Gasteiger partial charge >= 0.3 is 0 Å². The molecule has 0 aliphatic heterocycles. The molecule has 0 fully saturated rings. The van der Waals surface area contributed by atoms with E-state index in [4.69, 9.17) is 4.74 Å². The zero-order valence-corrected chi connectivity index (χ0v) is 19.0. The summed E-state index contributed by atoms with van der Waals surface area (Å²) in [4.78, 5) is 14.5. The Hall–Kier alpha value is -2.06. The highest BCUT2D eigenvalue weighted by Gasteiger charge is 2.22.